The number of fused-ring (bicyclic) bond motifs is 1. The predicted octanol–water partition coefficient (Wildman–Crippen LogP) is 6.45. The number of nitrogens with zero attached hydrogens (tertiary/aromatic N) is 4. The van der Waals surface area contributed by atoms with Crippen LogP contribution in [0.4, 0.5) is 5.13 Å². The number of carbonyl (C=O) groups is 1. The zero-order valence-corrected chi connectivity index (χ0v) is 20.2. The maximum atomic E-state index is 13.6. The van der Waals surface area contributed by atoms with Crippen molar-refractivity contribution in [2.24, 2.45) is 0 Å². The second-order valence-corrected chi connectivity index (χ2v) is 9.25. The number of thiazole rings is 1. The van der Waals surface area contributed by atoms with E-state index in [0.717, 1.165) is 42.4 Å². The van der Waals surface area contributed by atoms with Crippen LogP contribution < -0.4 is 9.64 Å². The summed E-state index contributed by atoms with van der Waals surface area (Å²) in [7, 11) is 0. The van der Waals surface area contributed by atoms with Crippen molar-refractivity contribution in [3.63, 3.8) is 0 Å². The van der Waals surface area contributed by atoms with Gasteiger partial charge in [-0.3, -0.25) is 9.69 Å². The van der Waals surface area contributed by atoms with Crippen LogP contribution >= 0.6 is 22.9 Å². The molecule has 0 radical (unpaired) electrons. The molecule has 0 atom stereocenters. The highest BCUT2D eigenvalue weighted by Gasteiger charge is 2.22. The van der Waals surface area contributed by atoms with E-state index in [9.17, 15) is 4.79 Å². The third-order valence-corrected chi connectivity index (χ3v) is 6.55. The van der Waals surface area contributed by atoms with Gasteiger partial charge in [0.2, 0.25) is 0 Å². The number of anilines is 1. The fourth-order valence-electron chi connectivity index (χ4n) is 3.53. The lowest BCUT2D eigenvalue weighted by atomic mass is 10.2. The van der Waals surface area contributed by atoms with Crippen LogP contribution in [0.3, 0.4) is 0 Å². The van der Waals surface area contributed by atoms with E-state index >= 15 is 0 Å². The van der Waals surface area contributed by atoms with Crippen LogP contribution in [0, 0.1) is 0 Å². The van der Waals surface area contributed by atoms with Crippen molar-refractivity contribution in [2.75, 3.05) is 18.1 Å². The van der Waals surface area contributed by atoms with E-state index < -0.39 is 0 Å². The first-order valence-corrected chi connectivity index (χ1v) is 12.4. The number of ether oxygens (including phenoxy) is 1. The monoisotopic (exact) mass is 482 g/mol. The quantitative estimate of drug-likeness (QED) is 0.230. The molecule has 33 heavy (non-hydrogen) atoms. The summed E-state index contributed by atoms with van der Waals surface area (Å²) in [5, 5.41) is 1.32. The second-order valence-electron chi connectivity index (χ2n) is 7.80. The molecule has 6 nitrogen and oxygen atoms in total. The van der Waals surface area contributed by atoms with Gasteiger partial charge in [-0.25, -0.2) is 9.97 Å². The average Bonchev–Trinajstić information content (AvgIpc) is 3.49. The van der Waals surface area contributed by atoms with Crippen LogP contribution in [0.25, 0.3) is 10.2 Å². The highest BCUT2D eigenvalue weighted by atomic mass is 35.5. The fraction of sp³-hybridized carbons (Fsp3) is 0.320. The number of hydrogen-bond acceptors (Lipinski definition) is 5. The number of amides is 1. The SMILES string of the molecule is CCCCCOc1cccc(C(=O)N(CCCn2ccnc2)c2nc3ccc(Cl)cc3s2)c1. The standard InChI is InChI=1S/C25H27ClN4O2S/c1-2-3-4-15-32-21-8-5-7-19(16-21)24(31)30(13-6-12-29-14-11-27-18-29)25-28-22-10-9-20(26)17-23(22)33-25/h5,7-11,14,16-18H,2-4,6,12-13,15H2,1H3. The number of halogens is 1. The molecule has 0 saturated heterocycles. The number of aryl methyl sites for hydroxylation is 1. The van der Waals surface area contributed by atoms with E-state index in [2.05, 4.69) is 11.9 Å². The van der Waals surface area contributed by atoms with Gasteiger partial charge in [0.05, 0.1) is 23.2 Å². The molecule has 8 heteroatoms. The molecule has 172 valence electrons. The van der Waals surface area contributed by atoms with E-state index in [1.807, 2.05) is 53.2 Å². The van der Waals surface area contributed by atoms with Crippen LogP contribution in [0.1, 0.15) is 43.0 Å². The molecule has 0 N–H and O–H groups in total. The lowest BCUT2D eigenvalue weighted by Gasteiger charge is -2.20. The van der Waals surface area contributed by atoms with Gasteiger partial charge in [0.1, 0.15) is 5.75 Å². The maximum absolute atomic E-state index is 13.6. The van der Waals surface area contributed by atoms with Crippen LogP contribution in [0.2, 0.25) is 5.02 Å². The molecule has 2 heterocycles. The van der Waals surface area contributed by atoms with Crippen molar-refractivity contribution in [1.82, 2.24) is 14.5 Å². The number of aromatic nitrogens is 3. The molecule has 0 aliphatic heterocycles. The molecular weight excluding hydrogens is 456 g/mol. The van der Waals surface area contributed by atoms with Crippen molar-refractivity contribution < 1.29 is 9.53 Å². The lowest BCUT2D eigenvalue weighted by molar-refractivity contribution is 0.0986. The first-order valence-electron chi connectivity index (χ1n) is 11.2. The Balaban J connectivity index is 1.55. The van der Waals surface area contributed by atoms with E-state index in [1.165, 1.54) is 11.3 Å². The molecule has 0 spiro atoms. The number of unbranched alkanes of at least 4 members (excludes halogenated alkanes) is 2. The number of imidazole rings is 1. The third-order valence-electron chi connectivity index (χ3n) is 5.27. The molecule has 0 bridgehead atoms. The summed E-state index contributed by atoms with van der Waals surface area (Å²) < 4.78 is 8.83. The Kier molecular flexibility index (Phi) is 7.96. The smallest absolute Gasteiger partial charge is 0.260 e. The van der Waals surface area contributed by atoms with E-state index in [1.54, 1.807) is 17.4 Å². The Morgan fingerprint density at radius 3 is 2.91 bits per heavy atom. The molecule has 2 aromatic carbocycles. The lowest BCUT2D eigenvalue weighted by Crippen LogP contribution is -2.32. The molecule has 1 amide bonds. The minimum atomic E-state index is -0.0928. The van der Waals surface area contributed by atoms with Crippen LogP contribution in [0.15, 0.2) is 61.2 Å². The summed E-state index contributed by atoms with van der Waals surface area (Å²) in [6.45, 7) is 4.11. The van der Waals surface area contributed by atoms with Crippen molar-refractivity contribution in [3.8, 4) is 5.75 Å². The molecule has 0 unspecified atom stereocenters. The number of carbonyl (C=O) groups excluding carboxylic acids is 1. The van der Waals surface area contributed by atoms with Gasteiger partial charge in [-0.2, -0.15) is 0 Å². The molecule has 0 fully saturated rings. The number of rotatable bonds is 11. The van der Waals surface area contributed by atoms with Gasteiger partial charge >= 0.3 is 0 Å². The zero-order valence-electron chi connectivity index (χ0n) is 18.6. The fourth-order valence-corrected chi connectivity index (χ4v) is 4.80. The Bertz CT molecular complexity index is 1190. The highest BCUT2D eigenvalue weighted by Crippen LogP contribution is 2.32. The minimum Gasteiger partial charge on any atom is -0.494 e. The number of hydrogen-bond donors (Lipinski definition) is 0. The van der Waals surface area contributed by atoms with Crippen molar-refractivity contribution >= 4 is 44.2 Å². The minimum absolute atomic E-state index is 0.0928. The normalized spacial score (nSPS) is 11.1. The molecule has 4 aromatic rings. The number of benzene rings is 2. The molecule has 4 rings (SSSR count). The highest BCUT2D eigenvalue weighted by molar-refractivity contribution is 7.22. The van der Waals surface area contributed by atoms with E-state index in [-0.39, 0.29) is 5.91 Å². The molecular formula is C25H27ClN4O2S. The van der Waals surface area contributed by atoms with Crippen molar-refractivity contribution in [2.45, 2.75) is 39.2 Å². The Morgan fingerprint density at radius 1 is 1.18 bits per heavy atom. The van der Waals surface area contributed by atoms with Gasteiger partial charge in [0.15, 0.2) is 5.13 Å². The summed E-state index contributed by atoms with van der Waals surface area (Å²) in [5.41, 5.74) is 1.42. The van der Waals surface area contributed by atoms with Gasteiger partial charge < -0.3 is 9.30 Å². The van der Waals surface area contributed by atoms with Gasteiger partial charge in [-0.1, -0.05) is 48.8 Å². The van der Waals surface area contributed by atoms with Crippen LogP contribution in [-0.2, 0) is 6.54 Å². The van der Waals surface area contributed by atoms with Crippen molar-refractivity contribution in [1.29, 1.82) is 0 Å². The topological polar surface area (TPSA) is 60.2 Å². The van der Waals surface area contributed by atoms with Gasteiger partial charge in [0.25, 0.3) is 5.91 Å². The maximum Gasteiger partial charge on any atom is 0.260 e. The van der Waals surface area contributed by atoms with Crippen LogP contribution in [0.5, 0.6) is 5.75 Å². The first-order chi connectivity index (χ1) is 16.1. The molecule has 2 aromatic heterocycles. The largest absolute Gasteiger partial charge is 0.494 e. The first kappa shape index (κ1) is 23.3. The third kappa shape index (κ3) is 6.12. The van der Waals surface area contributed by atoms with Crippen LogP contribution in [-0.4, -0.2) is 33.6 Å². The summed E-state index contributed by atoms with van der Waals surface area (Å²) in [6, 6.07) is 13.0. The Hall–Kier alpha value is -2.90. The van der Waals surface area contributed by atoms with E-state index in [0.29, 0.717) is 34.6 Å². The summed E-state index contributed by atoms with van der Waals surface area (Å²) in [4.78, 5) is 24.2. The van der Waals surface area contributed by atoms with Gasteiger partial charge in [0, 0.05) is 36.1 Å². The van der Waals surface area contributed by atoms with Gasteiger partial charge in [-0.05, 0) is 49.2 Å². The molecule has 0 aliphatic carbocycles. The molecule has 0 saturated carbocycles. The zero-order chi connectivity index (χ0) is 23.0. The van der Waals surface area contributed by atoms with E-state index in [4.69, 9.17) is 21.3 Å². The average molecular weight is 483 g/mol. The van der Waals surface area contributed by atoms with Gasteiger partial charge in [-0.15, -0.1) is 0 Å². The van der Waals surface area contributed by atoms with Crippen molar-refractivity contribution in [3.05, 3.63) is 71.8 Å². The molecule has 0 aliphatic rings. The summed E-state index contributed by atoms with van der Waals surface area (Å²) >= 11 is 7.63. The second kappa shape index (κ2) is 11.3. The predicted molar refractivity (Wildman–Crippen MR) is 135 cm³/mol. The Labute approximate surface area is 202 Å². The summed E-state index contributed by atoms with van der Waals surface area (Å²) in [6.07, 6.45) is 9.51. The Morgan fingerprint density at radius 2 is 2.09 bits per heavy atom. The summed E-state index contributed by atoms with van der Waals surface area (Å²) in [5.74, 6) is 0.621.